The Morgan fingerprint density at radius 1 is 1.46 bits per heavy atom. The Bertz CT molecular complexity index is 341. The zero-order valence-corrected chi connectivity index (χ0v) is 8.57. The van der Waals surface area contributed by atoms with E-state index < -0.39 is 12.2 Å². The van der Waals surface area contributed by atoms with Gasteiger partial charge in [-0.3, -0.25) is 4.79 Å². The van der Waals surface area contributed by atoms with E-state index in [1.807, 2.05) is 0 Å². The van der Waals surface area contributed by atoms with Crippen LogP contribution >= 0.6 is 27.5 Å². The van der Waals surface area contributed by atoms with E-state index in [2.05, 4.69) is 15.9 Å². The predicted octanol–water partition coefficient (Wildman–Crippen LogP) is 3.39. The van der Waals surface area contributed by atoms with Crippen molar-refractivity contribution in [1.29, 1.82) is 0 Å². The lowest BCUT2D eigenvalue weighted by Crippen LogP contribution is -2.14. The van der Waals surface area contributed by atoms with Gasteiger partial charge in [-0.15, -0.1) is 0 Å². The molecule has 0 N–H and O–H groups in total. The van der Waals surface area contributed by atoms with E-state index in [0.717, 1.165) is 12.1 Å². The minimum Gasteiger partial charge on any atom is -0.296 e. The Morgan fingerprint density at radius 2 is 2.08 bits per heavy atom. The van der Waals surface area contributed by atoms with Gasteiger partial charge in [0.15, 0.2) is 6.29 Å². The van der Waals surface area contributed by atoms with Crippen molar-refractivity contribution >= 4 is 33.8 Å². The highest BCUT2D eigenvalue weighted by atomic mass is 79.9. The van der Waals surface area contributed by atoms with Crippen molar-refractivity contribution in [1.82, 2.24) is 0 Å². The smallest absolute Gasteiger partial charge is 0.296 e. The van der Waals surface area contributed by atoms with Crippen LogP contribution in [0.15, 0.2) is 22.7 Å². The van der Waals surface area contributed by atoms with Gasteiger partial charge in [-0.1, -0.05) is 17.7 Å². The second-order valence-electron chi connectivity index (χ2n) is 2.37. The summed E-state index contributed by atoms with van der Waals surface area (Å²) in [4.78, 5) is 10.0. The third kappa shape index (κ3) is 2.25. The number of aldehydes is 1. The van der Waals surface area contributed by atoms with Crippen LogP contribution in [0.25, 0.3) is 0 Å². The second-order valence-corrected chi connectivity index (χ2v) is 3.63. The lowest BCUT2D eigenvalue weighted by atomic mass is 10.1. The van der Waals surface area contributed by atoms with Gasteiger partial charge in [0.1, 0.15) is 0 Å². The Hall–Kier alpha value is -0.480. The Morgan fingerprint density at radius 3 is 2.54 bits per heavy atom. The predicted molar refractivity (Wildman–Crippen MR) is 49.1 cm³/mol. The molecule has 0 spiro atoms. The number of alkyl halides is 2. The van der Waals surface area contributed by atoms with Gasteiger partial charge in [-0.25, -0.2) is 0 Å². The van der Waals surface area contributed by atoms with Crippen LogP contribution in [0.2, 0.25) is 5.02 Å². The van der Waals surface area contributed by atoms with Gasteiger partial charge in [0.25, 0.3) is 0 Å². The quantitative estimate of drug-likeness (QED) is 0.752. The van der Waals surface area contributed by atoms with E-state index >= 15 is 0 Å². The van der Waals surface area contributed by atoms with E-state index in [0.29, 0.717) is 9.50 Å². The van der Waals surface area contributed by atoms with Crippen molar-refractivity contribution in [2.45, 2.75) is 5.92 Å². The van der Waals surface area contributed by atoms with Crippen LogP contribution in [0, 0.1) is 0 Å². The molecule has 5 heteroatoms. The molecular formula is C8H4BrClF2O. The fourth-order valence-corrected chi connectivity index (χ4v) is 1.27. The zero-order valence-electron chi connectivity index (χ0n) is 6.23. The van der Waals surface area contributed by atoms with E-state index in [-0.39, 0.29) is 5.56 Å². The first-order valence-corrected chi connectivity index (χ1v) is 4.44. The number of benzene rings is 1. The van der Waals surface area contributed by atoms with Crippen LogP contribution in [0.5, 0.6) is 0 Å². The summed E-state index contributed by atoms with van der Waals surface area (Å²) >= 11 is 8.58. The maximum Gasteiger partial charge on any atom is 0.327 e. The number of rotatable bonds is 2. The summed E-state index contributed by atoms with van der Waals surface area (Å²) in [5.74, 6) is -3.45. The highest BCUT2D eigenvalue weighted by Crippen LogP contribution is 2.31. The van der Waals surface area contributed by atoms with Crippen LogP contribution in [0.3, 0.4) is 0 Å². The van der Waals surface area contributed by atoms with Crippen LogP contribution in [0.1, 0.15) is 5.56 Å². The molecule has 13 heavy (non-hydrogen) atoms. The number of hydrogen-bond donors (Lipinski definition) is 0. The van der Waals surface area contributed by atoms with Crippen molar-refractivity contribution in [3.05, 3.63) is 33.3 Å². The monoisotopic (exact) mass is 268 g/mol. The van der Waals surface area contributed by atoms with Crippen molar-refractivity contribution < 1.29 is 13.6 Å². The van der Waals surface area contributed by atoms with Crippen molar-refractivity contribution in [2.24, 2.45) is 0 Å². The summed E-state index contributed by atoms with van der Waals surface area (Å²) in [6.45, 7) is 0. The molecule has 0 aliphatic carbocycles. The average molecular weight is 269 g/mol. The number of carbonyl (C=O) groups excluding carboxylic acids is 1. The van der Waals surface area contributed by atoms with E-state index in [1.54, 1.807) is 0 Å². The fourth-order valence-electron chi connectivity index (χ4n) is 0.772. The molecule has 1 aromatic carbocycles. The molecule has 70 valence electrons. The standard InChI is InChI=1S/C8H4BrClF2O/c9-6-3-5(1-2-7(6)10)8(11,12)4-13/h1-4H. The fraction of sp³-hybridized carbons (Fsp3) is 0.125. The second kappa shape index (κ2) is 3.72. The molecule has 1 aromatic rings. The van der Waals surface area contributed by atoms with Gasteiger partial charge < -0.3 is 0 Å². The first-order chi connectivity index (χ1) is 5.97. The van der Waals surface area contributed by atoms with Crippen LogP contribution in [-0.4, -0.2) is 6.29 Å². The highest BCUT2D eigenvalue weighted by Gasteiger charge is 2.30. The first-order valence-electron chi connectivity index (χ1n) is 3.27. The molecule has 0 fully saturated rings. The SMILES string of the molecule is O=CC(F)(F)c1ccc(Cl)c(Br)c1. The molecule has 1 nitrogen and oxygen atoms in total. The number of carbonyl (C=O) groups is 1. The first kappa shape index (κ1) is 10.6. The maximum absolute atomic E-state index is 12.8. The molecule has 0 saturated carbocycles. The lowest BCUT2D eigenvalue weighted by molar-refractivity contribution is -0.130. The van der Waals surface area contributed by atoms with E-state index in [1.165, 1.54) is 6.07 Å². The molecule has 0 bridgehead atoms. The third-order valence-electron chi connectivity index (χ3n) is 1.45. The Kier molecular flexibility index (Phi) is 3.03. The van der Waals surface area contributed by atoms with Crippen molar-refractivity contribution in [3.8, 4) is 0 Å². The van der Waals surface area contributed by atoms with Crippen molar-refractivity contribution in [3.63, 3.8) is 0 Å². The van der Waals surface area contributed by atoms with Gasteiger partial charge in [-0.2, -0.15) is 8.78 Å². The molecule has 0 atom stereocenters. The largest absolute Gasteiger partial charge is 0.327 e. The molecule has 0 aliphatic rings. The zero-order chi connectivity index (χ0) is 10.1. The van der Waals surface area contributed by atoms with E-state index in [9.17, 15) is 13.6 Å². The van der Waals surface area contributed by atoms with Gasteiger partial charge >= 0.3 is 5.92 Å². The molecule has 0 aromatic heterocycles. The molecule has 0 amide bonds. The molecule has 1 rings (SSSR count). The molecule has 0 aliphatic heterocycles. The molecular weight excluding hydrogens is 265 g/mol. The minimum atomic E-state index is -3.45. The number of halogens is 4. The van der Waals surface area contributed by atoms with Crippen LogP contribution in [-0.2, 0) is 10.7 Å². The van der Waals surface area contributed by atoms with Gasteiger partial charge in [0.05, 0.1) is 5.02 Å². The molecule has 0 saturated heterocycles. The number of hydrogen-bond acceptors (Lipinski definition) is 1. The molecule has 0 unspecified atom stereocenters. The summed E-state index contributed by atoms with van der Waals surface area (Å²) in [5.41, 5.74) is -0.376. The third-order valence-corrected chi connectivity index (χ3v) is 2.67. The normalized spacial score (nSPS) is 11.4. The lowest BCUT2D eigenvalue weighted by Gasteiger charge is -2.09. The Balaban J connectivity index is 3.18. The summed E-state index contributed by atoms with van der Waals surface area (Å²) < 4.78 is 25.9. The van der Waals surface area contributed by atoms with Gasteiger partial charge in [0, 0.05) is 10.0 Å². The summed E-state index contributed by atoms with van der Waals surface area (Å²) in [6.07, 6.45) is -0.400. The van der Waals surface area contributed by atoms with Crippen LogP contribution in [0.4, 0.5) is 8.78 Å². The summed E-state index contributed by atoms with van der Waals surface area (Å²) in [5, 5.41) is 0.324. The Labute approximate surface area is 86.8 Å². The summed E-state index contributed by atoms with van der Waals surface area (Å²) in [7, 11) is 0. The molecule has 0 heterocycles. The van der Waals surface area contributed by atoms with Gasteiger partial charge in [0.2, 0.25) is 0 Å². The van der Waals surface area contributed by atoms with E-state index in [4.69, 9.17) is 11.6 Å². The topological polar surface area (TPSA) is 17.1 Å². The summed E-state index contributed by atoms with van der Waals surface area (Å²) in [6, 6.07) is 3.54. The minimum absolute atomic E-state index is 0.324. The van der Waals surface area contributed by atoms with Crippen molar-refractivity contribution in [2.75, 3.05) is 0 Å². The molecule has 0 radical (unpaired) electrons. The highest BCUT2D eigenvalue weighted by molar-refractivity contribution is 9.10. The van der Waals surface area contributed by atoms with Crippen LogP contribution < -0.4 is 0 Å². The van der Waals surface area contributed by atoms with Gasteiger partial charge in [-0.05, 0) is 28.1 Å². The average Bonchev–Trinajstić information content (AvgIpc) is 2.09. The maximum atomic E-state index is 12.8.